The van der Waals surface area contributed by atoms with Crippen LogP contribution in [0.25, 0.3) is 0 Å². The Morgan fingerprint density at radius 2 is 2.33 bits per heavy atom. The third-order valence-corrected chi connectivity index (χ3v) is 3.13. The second kappa shape index (κ2) is 6.15. The van der Waals surface area contributed by atoms with Crippen LogP contribution in [0, 0.1) is 0 Å². The molecular formula is C11H13N5OS. The summed E-state index contributed by atoms with van der Waals surface area (Å²) in [5.41, 5.74) is 0. The van der Waals surface area contributed by atoms with E-state index in [1.54, 1.807) is 23.0 Å². The Morgan fingerprint density at radius 1 is 1.44 bits per heavy atom. The number of rotatable bonds is 5. The Kier molecular flexibility index (Phi) is 4.30. The van der Waals surface area contributed by atoms with E-state index in [0.29, 0.717) is 17.3 Å². The Balaban J connectivity index is 1.74. The molecule has 0 aromatic carbocycles. The van der Waals surface area contributed by atoms with Gasteiger partial charge in [-0.1, -0.05) is 6.07 Å². The molecule has 2 rings (SSSR count). The van der Waals surface area contributed by atoms with Gasteiger partial charge in [-0.3, -0.25) is 9.48 Å². The van der Waals surface area contributed by atoms with Gasteiger partial charge < -0.3 is 5.32 Å². The van der Waals surface area contributed by atoms with Crippen LogP contribution in [-0.4, -0.2) is 31.4 Å². The molecule has 0 saturated heterocycles. The number of aryl methyl sites for hydroxylation is 1. The van der Waals surface area contributed by atoms with Crippen molar-refractivity contribution in [2.45, 2.75) is 5.75 Å². The minimum atomic E-state index is -0.0686. The molecule has 0 fully saturated rings. The van der Waals surface area contributed by atoms with E-state index in [1.807, 2.05) is 13.1 Å². The first kappa shape index (κ1) is 12.6. The SMILES string of the molecule is Cn1ncnc1CSCC(=O)Nc1ccccn1. The van der Waals surface area contributed by atoms with Crippen molar-refractivity contribution in [1.82, 2.24) is 19.7 Å². The molecule has 2 aromatic heterocycles. The van der Waals surface area contributed by atoms with Gasteiger partial charge in [0.25, 0.3) is 0 Å². The lowest BCUT2D eigenvalue weighted by atomic mass is 10.4. The van der Waals surface area contributed by atoms with Crippen molar-refractivity contribution in [3.8, 4) is 0 Å². The molecule has 2 aromatic rings. The number of carbonyl (C=O) groups is 1. The number of pyridine rings is 1. The number of amides is 1. The van der Waals surface area contributed by atoms with Gasteiger partial charge in [0.05, 0.1) is 11.5 Å². The number of nitrogens with zero attached hydrogens (tertiary/aromatic N) is 4. The standard InChI is InChI=1S/C11H13N5OS/c1-16-10(13-8-14-16)6-18-7-11(17)15-9-4-2-3-5-12-9/h2-5,8H,6-7H2,1H3,(H,12,15,17). The molecule has 2 heterocycles. The molecule has 18 heavy (non-hydrogen) atoms. The Labute approximate surface area is 109 Å². The van der Waals surface area contributed by atoms with E-state index >= 15 is 0 Å². The summed E-state index contributed by atoms with van der Waals surface area (Å²) in [5, 5.41) is 6.69. The average Bonchev–Trinajstić information content (AvgIpc) is 2.76. The van der Waals surface area contributed by atoms with Crippen molar-refractivity contribution in [3.05, 3.63) is 36.5 Å². The fourth-order valence-electron chi connectivity index (χ4n) is 1.30. The number of hydrogen-bond acceptors (Lipinski definition) is 5. The highest BCUT2D eigenvalue weighted by Gasteiger charge is 2.05. The van der Waals surface area contributed by atoms with Crippen LogP contribution in [0.5, 0.6) is 0 Å². The summed E-state index contributed by atoms with van der Waals surface area (Å²) >= 11 is 1.49. The maximum absolute atomic E-state index is 11.6. The van der Waals surface area contributed by atoms with Crippen molar-refractivity contribution in [3.63, 3.8) is 0 Å². The maximum atomic E-state index is 11.6. The first-order valence-electron chi connectivity index (χ1n) is 5.37. The molecule has 6 nitrogen and oxygen atoms in total. The molecule has 0 atom stereocenters. The Hall–Kier alpha value is -1.89. The lowest BCUT2D eigenvalue weighted by Crippen LogP contribution is -2.15. The Bertz CT molecular complexity index is 513. The van der Waals surface area contributed by atoms with Gasteiger partial charge in [-0.25, -0.2) is 9.97 Å². The van der Waals surface area contributed by atoms with Crippen LogP contribution < -0.4 is 5.32 Å². The average molecular weight is 263 g/mol. The van der Waals surface area contributed by atoms with E-state index in [1.165, 1.54) is 18.1 Å². The lowest BCUT2D eigenvalue weighted by Gasteiger charge is -2.03. The highest BCUT2D eigenvalue weighted by molar-refractivity contribution is 7.99. The van der Waals surface area contributed by atoms with Crippen molar-refractivity contribution in [1.29, 1.82) is 0 Å². The molecule has 7 heteroatoms. The molecule has 0 unspecified atom stereocenters. The number of thioether (sulfide) groups is 1. The summed E-state index contributed by atoms with van der Waals surface area (Å²) in [4.78, 5) is 19.7. The number of nitrogens with one attached hydrogen (secondary N) is 1. The van der Waals surface area contributed by atoms with Gasteiger partial charge >= 0.3 is 0 Å². The van der Waals surface area contributed by atoms with Gasteiger partial charge in [-0.15, -0.1) is 11.8 Å². The molecule has 0 spiro atoms. The predicted octanol–water partition coefficient (Wildman–Crippen LogP) is 1.08. The molecule has 1 N–H and O–H groups in total. The summed E-state index contributed by atoms with van der Waals surface area (Å²) in [6.07, 6.45) is 3.15. The molecule has 94 valence electrons. The molecule has 0 saturated carbocycles. The number of anilines is 1. The summed E-state index contributed by atoms with van der Waals surface area (Å²) in [6, 6.07) is 5.39. The fraction of sp³-hybridized carbons (Fsp3) is 0.273. The number of aromatic nitrogens is 4. The second-order valence-electron chi connectivity index (χ2n) is 3.56. The quantitative estimate of drug-likeness (QED) is 0.874. The van der Waals surface area contributed by atoms with Crippen LogP contribution in [0.4, 0.5) is 5.82 Å². The third-order valence-electron chi connectivity index (χ3n) is 2.20. The third kappa shape index (κ3) is 3.56. The highest BCUT2D eigenvalue weighted by atomic mass is 32.2. The molecular weight excluding hydrogens is 250 g/mol. The van der Waals surface area contributed by atoms with Gasteiger partial charge in [0.15, 0.2) is 0 Å². The van der Waals surface area contributed by atoms with Crippen LogP contribution in [0.1, 0.15) is 5.82 Å². The van der Waals surface area contributed by atoms with Gasteiger partial charge in [0.1, 0.15) is 18.0 Å². The van der Waals surface area contributed by atoms with Gasteiger partial charge in [-0.2, -0.15) is 5.10 Å². The van der Waals surface area contributed by atoms with E-state index in [-0.39, 0.29) is 5.91 Å². The zero-order valence-corrected chi connectivity index (χ0v) is 10.7. The van der Waals surface area contributed by atoms with Crippen molar-refractivity contribution in [2.75, 3.05) is 11.1 Å². The van der Waals surface area contributed by atoms with E-state index < -0.39 is 0 Å². The summed E-state index contributed by atoms with van der Waals surface area (Å²) in [7, 11) is 1.83. The van der Waals surface area contributed by atoms with Crippen LogP contribution in [0.3, 0.4) is 0 Å². The minimum Gasteiger partial charge on any atom is -0.310 e. The monoisotopic (exact) mass is 263 g/mol. The van der Waals surface area contributed by atoms with Gasteiger partial charge in [-0.05, 0) is 12.1 Å². The molecule has 0 aliphatic carbocycles. The first-order valence-corrected chi connectivity index (χ1v) is 6.52. The van der Waals surface area contributed by atoms with Gasteiger partial charge in [0, 0.05) is 13.2 Å². The predicted molar refractivity (Wildman–Crippen MR) is 70.0 cm³/mol. The molecule has 0 bridgehead atoms. The zero-order chi connectivity index (χ0) is 12.8. The summed E-state index contributed by atoms with van der Waals surface area (Å²) < 4.78 is 1.70. The number of carbonyl (C=O) groups excluding carboxylic acids is 1. The van der Waals surface area contributed by atoms with Crippen molar-refractivity contribution >= 4 is 23.5 Å². The first-order chi connectivity index (χ1) is 8.75. The maximum Gasteiger partial charge on any atom is 0.235 e. The largest absolute Gasteiger partial charge is 0.310 e. The molecule has 0 aliphatic heterocycles. The molecule has 0 radical (unpaired) electrons. The lowest BCUT2D eigenvalue weighted by molar-refractivity contribution is -0.113. The molecule has 0 aliphatic rings. The van der Waals surface area contributed by atoms with Crippen molar-refractivity contribution in [2.24, 2.45) is 7.05 Å². The van der Waals surface area contributed by atoms with E-state index in [2.05, 4.69) is 20.4 Å². The topological polar surface area (TPSA) is 72.7 Å². The van der Waals surface area contributed by atoms with Crippen LogP contribution >= 0.6 is 11.8 Å². The Morgan fingerprint density at radius 3 is 3.00 bits per heavy atom. The fourth-order valence-corrected chi connectivity index (χ4v) is 2.11. The summed E-state index contributed by atoms with van der Waals surface area (Å²) in [5.74, 6) is 2.38. The van der Waals surface area contributed by atoms with E-state index in [9.17, 15) is 4.79 Å². The van der Waals surface area contributed by atoms with Gasteiger partial charge in [0.2, 0.25) is 5.91 Å². The summed E-state index contributed by atoms with van der Waals surface area (Å²) in [6.45, 7) is 0. The smallest absolute Gasteiger partial charge is 0.235 e. The van der Waals surface area contributed by atoms with E-state index in [0.717, 1.165) is 5.82 Å². The zero-order valence-electron chi connectivity index (χ0n) is 9.91. The molecule has 1 amide bonds. The second-order valence-corrected chi connectivity index (χ2v) is 4.54. The van der Waals surface area contributed by atoms with E-state index in [4.69, 9.17) is 0 Å². The van der Waals surface area contributed by atoms with Crippen molar-refractivity contribution < 1.29 is 4.79 Å². The number of hydrogen-bond donors (Lipinski definition) is 1. The highest BCUT2D eigenvalue weighted by Crippen LogP contribution is 2.09. The van der Waals surface area contributed by atoms with Crippen LogP contribution in [0.15, 0.2) is 30.7 Å². The minimum absolute atomic E-state index is 0.0686. The van der Waals surface area contributed by atoms with Crippen LogP contribution in [0.2, 0.25) is 0 Å². The normalized spacial score (nSPS) is 10.3. The van der Waals surface area contributed by atoms with Crippen LogP contribution in [-0.2, 0) is 17.6 Å².